The van der Waals surface area contributed by atoms with Gasteiger partial charge in [-0.2, -0.15) is 0 Å². The van der Waals surface area contributed by atoms with Crippen LogP contribution in [0.5, 0.6) is 0 Å². The Morgan fingerprint density at radius 3 is 2.61 bits per heavy atom. The molecule has 2 rings (SSSR count). The summed E-state index contributed by atoms with van der Waals surface area (Å²) < 4.78 is 0. The van der Waals surface area contributed by atoms with Gasteiger partial charge >= 0.3 is 5.97 Å². The smallest absolute Gasteiger partial charge is 0.337 e. The van der Waals surface area contributed by atoms with Crippen LogP contribution >= 0.6 is 0 Å². The highest BCUT2D eigenvalue weighted by Gasteiger charge is 2.14. The highest BCUT2D eigenvalue weighted by Crippen LogP contribution is 2.23. The van der Waals surface area contributed by atoms with Crippen molar-refractivity contribution in [2.24, 2.45) is 0 Å². The minimum atomic E-state index is -0.988. The molecular weight excluding hydrogens is 230 g/mol. The topological polar surface area (TPSA) is 78.6 Å². The number of hydrogen-bond acceptors (Lipinski definition) is 4. The number of carboxylic acid groups (broad SMARTS) is 1. The number of nitrogens with two attached hydrogens (primary N) is 1. The molecule has 1 saturated heterocycles. The number of nitrogens with zero attached hydrogens (tertiary/aromatic N) is 1. The van der Waals surface area contributed by atoms with E-state index in [9.17, 15) is 4.79 Å². The van der Waals surface area contributed by atoms with Gasteiger partial charge in [-0.25, -0.2) is 9.80 Å². The first-order chi connectivity index (χ1) is 8.58. The SMILES string of the molecule is Cc1cc(NN2CCCCC2)cc(C(=O)O)c1N. The minimum Gasteiger partial charge on any atom is -0.478 e. The number of hydrogen-bond donors (Lipinski definition) is 3. The number of carbonyl (C=O) groups is 1. The molecule has 1 fully saturated rings. The summed E-state index contributed by atoms with van der Waals surface area (Å²) in [6.45, 7) is 3.81. The Labute approximate surface area is 107 Å². The molecule has 0 radical (unpaired) electrons. The van der Waals surface area contributed by atoms with Crippen molar-refractivity contribution < 1.29 is 9.90 Å². The average molecular weight is 249 g/mol. The second kappa shape index (κ2) is 5.27. The molecular formula is C13H19N3O2. The standard InChI is InChI=1S/C13H19N3O2/c1-9-7-10(8-11(12(9)14)13(17)18)15-16-5-3-2-4-6-16/h7-8,15H,2-6,14H2,1H3,(H,17,18). The van der Waals surface area contributed by atoms with Gasteiger partial charge in [0.25, 0.3) is 0 Å². The van der Waals surface area contributed by atoms with Crippen molar-refractivity contribution in [2.45, 2.75) is 26.2 Å². The number of nitrogen functional groups attached to an aromatic ring is 1. The maximum Gasteiger partial charge on any atom is 0.337 e. The van der Waals surface area contributed by atoms with E-state index in [0.717, 1.165) is 24.3 Å². The molecule has 0 amide bonds. The molecule has 1 aromatic rings. The maximum absolute atomic E-state index is 11.1. The van der Waals surface area contributed by atoms with Gasteiger partial charge in [-0.1, -0.05) is 6.42 Å². The van der Waals surface area contributed by atoms with Crippen LogP contribution in [0, 0.1) is 6.92 Å². The lowest BCUT2D eigenvalue weighted by Gasteiger charge is -2.28. The first-order valence-electron chi connectivity index (χ1n) is 6.23. The van der Waals surface area contributed by atoms with Crippen LogP contribution < -0.4 is 11.2 Å². The largest absolute Gasteiger partial charge is 0.478 e. The van der Waals surface area contributed by atoms with Gasteiger partial charge in [0.15, 0.2) is 0 Å². The van der Waals surface area contributed by atoms with Crippen LogP contribution in [0.4, 0.5) is 11.4 Å². The quantitative estimate of drug-likeness (QED) is 0.715. The van der Waals surface area contributed by atoms with Gasteiger partial charge < -0.3 is 16.3 Å². The highest BCUT2D eigenvalue weighted by atomic mass is 16.4. The second-order valence-corrected chi connectivity index (χ2v) is 4.72. The molecule has 1 aromatic carbocycles. The molecule has 0 aromatic heterocycles. The molecule has 1 heterocycles. The van der Waals surface area contributed by atoms with E-state index in [-0.39, 0.29) is 5.56 Å². The van der Waals surface area contributed by atoms with E-state index >= 15 is 0 Å². The van der Waals surface area contributed by atoms with E-state index in [0.29, 0.717) is 5.69 Å². The van der Waals surface area contributed by atoms with E-state index < -0.39 is 5.97 Å². The van der Waals surface area contributed by atoms with E-state index in [1.54, 1.807) is 6.07 Å². The van der Waals surface area contributed by atoms with Crippen molar-refractivity contribution in [3.05, 3.63) is 23.3 Å². The molecule has 0 atom stereocenters. The van der Waals surface area contributed by atoms with Crippen molar-refractivity contribution in [2.75, 3.05) is 24.2 Å². The maximum atomic E-state index is 11.1. The highest BCUT2D eigenvalue weighted by molar-refractivity contribution is 5.95. The van der Waals surface area contributed by atoms with E-state index in [1.807, 2.05) is 13.0 Å². The van der Waals surface area contributed by atoms with E-state index in [1.165, 1.54) is 19.3 Å². The Morgan fingerprint density at radius 1 is 1.33 bits per heavy atom. The number of piperidine rings is 1. The van der Waals surface area contributed by atoms with Crippen LogP contribution in [0.2, 0.25) is 0 Å². The Hall–Kier alpha value is -1.75. The van der Waals surface area contributed by atoms with E-state index in [2.05, 4.69) is 10.4 Å². The molecule has 4 N–H and O–H groups in total. The monoisotopic (exact) mass is 249 g/mol. The lowest BCUT2D eigenvalue weighted by molar-refractivity contribution is 0.0698. The molecule has 5 heteroatoms. The van der Waals surface area contributed by atoms with Gasteiger partial charge in [-0.15, -0.1) is 0 Å². The summed E-state index contributed by atoms with van der Waals surface area (Å²) in [5.41, 5.74) is 11.1. The van der Waals surface area contributed by atoms with Gasteiger partial charge in [0.2, 0.25) is 0 Å². The predicted molar refractivity (Wildman–Crippen MR) is 71.6 cm³/mol. The zero-order chi connectivity index (χ0) is 13.1. The Morgan fingerprint density at radius 2 is 2.00 bits per heavy atom. The number of hydrazine groups is 1. The molecule has 0 aliphatic carbocycles. The fourth-order valence-electron chi connectivity index (χ4n) is 2.23. The molecule has 1 aliphatic heterocycles. The molecule has 5 nitrogen and oxygen atoms in total. The van der Waals surface area contributed by atoms with Crippen molar-refractivity contribution in [3.8, 4) is 0 Å². The van der Waals surface area contributed by atoms with Gasteiger partial charge in [0, 0.05) is 18.8 Å². The summed E-state index contributed by atoms with van der Waals surface area (Å²) in [6.07, 6.45) is 3.61. The predicted octanol–water partition coefficient (Wildman–Crippen LogP) is 2.09. The number of rotatable bonds is 3. The number of anilines is 2. The Kier molecular flexibility index (Phi) is 3.72. The summed E-state index contributed by atoms with van der Waals surface area (Å²) in [7, 11) is 0. The normalized spacial score (nSPS) is 16.5. The van der Waals surface area contributed by atoms with Crippen molar-refractivity contribution in [1.82, 2.24) is 5.01 Å². The minimum absolute atomic E-state index is 0.162. The number of benzene rings is 1. The van der Waals surface area contributed by atoms with E-state index in [4.69, 9.17) is 10.8 Å². The van der Waals surface area contributed by atoms with Crippen LogP contribution in [0.3, 0.4) is 0 Å². The fraction of sp³-hybridized carbons (Fsp3) is 0.462. The Bertz CT molecular complexity index is 454. The summed E-state index contributed by atoms with van der Waals surface area (Å²) in [4.78, 5) is 11.1. The lowest BCUT2D eigenvalue weighted by atomic mass is 10.1. The third kappa shape index (κ3) is 2.73. The van der Waals surface area contributed by atoms with Crippen LogP contribution in [0.25, 0.3) is 0 Å². The summed E-state index contributed by atoms with van der Waals surface area (Å²) in [6, 6.07) is 3.48. The number of nitrogens with one attached hydrogen (secondary N) is 1. The fourth-order valence-corrected chi connectivity index (χ4v) is 2.23. The third-order valence-corrected chi connectivity index (χ3v) is 3.26. The van der Waals surface area contributed by atoms with Crippen molar-refractivity contribution >= 4 is 17.3 Å². The van der Waals surface area contributed by atoms with Crippen molar-refractivity contribution in [1.29, 1.82) is 0 Å². The lowest BCUT2D eigenvalue weighted by Crippen LogP contribution is -2.34. The number of carboxylic acids is 1. The molecule has 18 heavy (non-hydrogen) atoms. The molecule has 0 unspecified atom stereocenters. The molecule has 0 spiro atoms. The van der Waals surface area contributed by atoms with Crippen LogP contribution in [-0.4, -0.2) is 29.2 Å². The zero-order valence-electron chi connectivity index (χ0n) is 10.6. The Balaban J connectivity index is 2.20. The zero-order valence-corrected chi connectivity index (χ0v) is 10.6. The van der Waals surface area contributed by atoms with Gasteiger partial charge in [0.05, 0.1) is 11.3 Å². The number of aromatic carboxylic acids is 1. The molecule has 98 valence electrons. The third-order valence-electron chi connectivity index (χ3n) is 3.26. The summed E-state index contributed by atoms with van der Waals surface area (Å²) >= 11 is 0. The van der Waals surface area contributed by atoms with Gasteiger partial charge in [-0.05, 0) is 37.5 Å². The summed E-state index contributed by atoms with van der Waals surface area (Å²) in [5.74, 6) is -0.988. The first kappa shape index (κ1) is 12.7. The summed E-state index contributed by atoms with van der Waals surface area (Å²) in [5, 5.41) is 11.2. The van der Waals surface area contributed by atoms with Crippen LogP contribution in [0.15, 0.2) is 12.1 Å². The van der Waals surface area contributed by atoms with Crippen molar-refractivity contribution in [3.63, 3.8) is 0 Å². The van der Waals surface area contributed by atoms with Gasteiger partial charge in [-0.3, -0.25) is 0 Å². The number of aryl methyl sites for hydroxylation is 1. The molecule has 0 bridgehead atoms. The second-order valence-electron chi connectivity index (χ2n) is 4.72. The molecule has 1 aliphatic rings. The van der Waals surface area contributed by atoms with Gasteiger partial charge in [0.1, 0.15) is 0 Å². The first-order valence-corrected chi connectivity index (χ1v) is 6.23. The average Bonchev–Trinajstić information content (AvgIpc) is 2.34. The van der Waals surface area contributed by atoms with Crippen LogP contribution in [0.1, 0.15) is 35.2 Å². The molecule has 0 saturated carbocycles. The van der Waals surface area contributed by atoms with Crippen LogP contribution in [-0.2, 0) is 0 Å².